The summed E-state index contributed by atoms with van der Waals surface area (Å²) in [5, 5.41) is 12.5. The monoisotopic (exact) mass is 422 g/mol. The van der Waals surface area contributed by atoms with Crippen molar-refractivity contribution >= 4 is 40.9 Å². The van der Waals surface area contributed by atoms with Crippen LogP contribution in [0.15, 0.2) is 24.4 Å². The molecular formula is C19H20Cl2N4O3. The first-order valence-electron chi connectivity index (χ1n) is 8.80. The minimum atomic E-state index is -0.781. The van der Waals surface area contributed by atoms with Crippen LogP contribution in [0, 0.1) is 0 Å². The van der Waals surface area contributed by atoms with E-state index in [9.17, 15) is 14.4 Å². The van der Waals surface area contributed by atoms with Gasteiger partial charge in [0.25, 0.3) is 0 Å². The Bertz CT molecular complexity index is 902. The smallest absolute Gasteiger partial charge is 0.234 e. The number of carbonyl (C=O) groups excluding carboxylic acids is 3. The Labute approximate surface area is 172 Å². The summed E-state index contributed by atoms with van der Waals surface area (Å²) < 4.78 is 0. The van der Waals surface area contributed by atoms with Gasteiger partial charge in [0, 0.05) is 34.8 Å². The predicted octanol–water partition coefficient (Wildman–Crippen LogP) is 2.83. The lowest BCUT2D eigenvalue weighted by Crippen LogP contribution is -2.40. The Balaban J connectivity index is 1.73. The largest absolute Gasteiger partial charge is 0.351 e. The van der Waals surface area contributed by atoms with Crippen LogP contribution in [0.3, 0.4) is 0 Å². The number of benzene rings is 1. The number of hydrogen-bond donors (Lipinski definition) is 3. The SMILES string of the molecule is CC(C)(C(=O)NCc1cc(Cl)c(C2CCC(=O)NC2=O)c(Cl)c1)c1ccn[nH]1. The molecular weight excluding hydrogens is 403 g/mol. The summed E-state index contributed by atoms with van der Waals surface area (Å²) in [6, 6.07) is 5.11. The number of piperidine rings is 1. The summed E-state index contributed by atoms with van der Waals surface area (Å²) in [6.45, 7) is 3.81. The molecule has 9 heteroatoms. The zero-order valence-electron chi connectivity index (χ0n) is 15.4. The van der Waals surface area contributed by atoms with Gasteiger partial charge in [-0.1, -0.05) is 23.2 Å². The molecule has 0 saturated carbocycles. The third-order valence-electron chi connectivity index (χ3n) is 4.92. The number of carbonyl (C=O) groups is 3. The van der Waals surface area contributed by atoms with E-state index in [1.165, 1.54) is 0 Å². The van der Waals surface area contributed by atoms with Crippen LogP contribution in [0.25, 0.3) is 0 Å². The Hall–Kier alpha value is -2.38. The average molecular weight is 423 g/mol. The average Bonchev–Trinajstić information content (AvgIpc) is 3.16. The number of halogens is 2. The fraction of sp³-hybridized carbons (Fsp3) is 0.368. The second-order valence-electron chi connectivity index (χ2n) is 7.25. The molecule has 0 bridgehead atoms. The number of nitrogens with zero attached hydrogens (tertiary/aromatic N) is 1. The van der Waals surface area contributed by atoms with Gasteiger partial charge in [-0.25, -0.2) is 0 Å². The van der Waals surface area contributed by atoms with Crippen molar-refractivity contribution in [2.45, 2.75) is 44.6 Å². The van der Waals surface area contributed by atoms with Gasteiger partial charge in [-0.2, -0.15) is 5.10 Å². The second-order valence-corrected chi connectivity index (χ2v) is 8.07. The highest BCUT2D eigenvalue weighted by molar-refractivity contribution is 6.36. The molecule has 1 aliphatic rings. The van der Waals surface area contributed by atoms with Crippen LogP contribution >= 0.6 is 23.2 Å². The normalized spacial score (nSPS) is 17.4. The molecule has 1 unspecified atom stereocenters. The van der Waals surface area contributed by atoms with Crippen molar-refractivity contribution < 1.29 is 14.4 Å². The molecule has 2 heterocycles. The molecule has 1 atom stereocenters. The maximum absolute atomic E-state index is 12.6. The lowest BCUT2D eigenvalue weighted by Gasteiger charge is -2.24. The summed E-state index contributed by atoms with van der Waals surface area (Å²) in [6.07, 6.45) is 2.19. The Kier molecular flexibility index (Phi) is 5.76. The zero-order chi connectivity index (χ0) is 20.5. The number of nitrogens with one attached hydrogen (secondary N) is 3. The zero-order valence-corrected chi connectivity index (χ0v) is 16.9. The van der Waals surface area contributed by atoms with E-state index >= 15 is 0 Å². The van der Waals surface area contributed by atoms with Crippen LogP contribution < -0.4 is 10.6 Å². The molecule has 3 N–H and O–H groups in total. The molecule has 1 aromatic carbocycles. The minimum Gasteiger partial charge on any atom is -0.351 e. The first-order valence-corrected chi connectivity index (χ1v) is 9.55. The molecule has 1 aliphatic heterocycles. The van der Waals surface area contributed by atoms with Gasteiger partial charge in [0.15, 0.2) is 0 Å². The summed E-state index contributed by atoms with van der Waals surface area (Å²) in [7, 11) is 0. The number of hydrogen-bond acceptors (Lipinski definition) is 4. The third kappa shape index (κ3) is 4.05. The van der Waals surface area contributed by atoms with Crippen LogP contribution in [-0.4, -0.2) is 27.9 Å². The summed E-state index contributed by atoms with van der Waals surface area (Å²) in [4.78, 5) is 36.0. The summed E-state index contributed by atoms with van der Waals surface area (Å²) >= 11 is 12.8. The number of H-pyrrole nitrogens is 1. The van der Waals surface area contributed by atoms with Crippen LogP contribution in [-0.2, 0) is 26.3 Å². The van der Waals surface area contributed by atoms with E-state index in [-0.39, 0.29) is 24.8 Å². The van der Waals surface area contributed by atoms with Gasteiger partial charge in [0.1, 0.15) is 0 Å². The highest BCUT2D eigenvalue weighted by Gasteiger charge is 2.32. The topological polar surface area (TPSA) is 104 Å². The molecule has 2 aromatic rings. The molecule has 3 amide bonds. The first kappa shape index (κ1) is 20.4. The first-order chi connectivity index (χ1) is 13.2. The number of amides is 3. The standard InChI is InChI=1S/C19H20Cl2N4O3/c1-19(2,14-5-6-23-25-14)18(28)22-9-10-7-12(20)16(13(21)8-10)11-3-4-15(26)24-17(11)27/h5-8,11H,3-4,9H2,1-2H3,(H,22,28)(H,23,25)(H,24,26,27). The molecule has 1 saturated heterocycles. The lowest BCUT2D eigenvalue weighted by molar-refractivity contribution is -0.134. The van der Waals surface area contributed by atoms with Crippen LogP contribution in [0.4, 0.5) is 0 Å². The fourth-order valence-electron chi connectivity index (χ4n) is 3.17. The molecule has 1 fully saturated rings. The van der Waals surface area contributed by atoms with Crippen molar-refractivity contribution in [1.29, 1.82) is 0 Å². The maximum Gasteiger partial charge on any atom is 0.234 e. The van der Waals surface area contributed by atoms with E-state index in [4.69, 9.17) is 23.2 Å². The van der Waals surface area contributed by atoms with E-state index in [0.29, 0.717) is 33.3 Å². The Morgan fingerprint density at radius 1 is 1.29 bits per heavy atom. The number of imide groups is 1. The van der Waals surface area contributed by atoms with Crippen molar-refractivity contribution in [1.82, 2.24) is 20.8 Å². The molecule has 0 radical (unpaired) electrons. The quantitative estimate of drug-likeness (QED) is 0.644. The highest BCUT2D eigenvalue weighted by atomic mass is 35.5. The third-order valence-corrected chi connectivity index (χ3v) is 5.55. The minimum absolute atomic E-state index is 0.182. The van der Waals surface area contributed by atoms with Gasteiger partial charge in [-0.3, -0.25) is 24.8 Å². The van der Waals surface area contributed by atoms with Crippen molar-refractivity contribution in [2.24, 2.45) is 0 Å². The molecule has 28 heavy (non-hydrogen) atoms. The van der Waals surface area contributed by atoms with Crippen LogP contribution in [0.2, 0.25) is 10.0 Å². The molecule has 1 aromatic heterocycles. The van der Waals surface area contributed by atoms with Gasteiger partial charge in [0.2, 0.25) is 17.7 Å². The summed E-state index contributed by atoms with van der Waals surface area (Å²) in [5.41, 5.74) is 1.13. The van der Waals surface area contributed by atoms with E-state index in [1.54, 1.807) is 38.2 Å². The lowest BCUT2D eigenvalue weighted by atomic mass is 9.88. The summed E-state index contributed by atoms with van der Waals surface area (Å²) in [5.74, 6) is -1.45. The van der Waals surface area contributed by atoms with Crippen molar-refractivity contribution in [3.8, 4) is 0 Å². The van der Waals surface area contributed by atoms with E-state index in [2.05, 4.69) is 20.8 Å². The van der Waals surface area contributed by atoms with E-state index in [0.717, 1.165) is 0 Å². The molecule has 7 nitrogen and oxygen atoms in total. The highest BCUT2D eigenvalue weighted by Crippen LogP contribution is 2.37. The molecule has 148 valence electrons. The number of aromatic nitrogens is 2. The molecule has 0 aliphatic carbocycles. The maximum atomic E-state index is 12.6. The van der Waals surface area contributed by atoms with Gasteiger partial charge in [0.05, 0.1) is 17.0 Å². The van der Waals surface area contributed by atoms with E-state index in [1.807, 2.05) is 0 Å². The molecule has 0 spiro atoms. The molecule has 3 rings (SSSR count). The van der Waals surface area contributed by atoms with Crippen molar-refractivity contribution in [3.05, 3.63) is 51.3 Å². The van der Waals surface area contributed by atoms with Gasteiger partial charge in [-0.05, 0) is 44.0 Å². The van der Waals surface area contributed by atoms with Crippen molar-refractivity contribution in [3.63, 3.8) is 0 Å². The van der Waals surface area contributed by atoms with Gasteiger partial charge >= 0.3 is 0 Å². The van der Waals surface area contributed by atoms with Gasteiger partial charge in [-0.15, -0.1) is 0 Å². The van der Waals surface area contributed by atoms with Crippen LogP contribution in [0.5, 0.6) is 0 Å². The fourth-order valence-corrected chi connectivity index (χ4v) is 3.97. The van der Waals surface area contributed by atoms with Crippen molar-refractivity contribution in [2.75, 3.05) is 0 Å². The Morgan fingerprint density at radius 2 is 1.96 bits per heavy atom. The second kappa shape index (κ2) is 7.93. The Morgan fingerprint density at radius 3 is 2.54 bits per heavy atom. The van der Waals surface area contributed by atoms with Gasteiger partial charge < -0.3 is 5.32 Å². The predicted molar refractivity (Wildman–Crippen MR) is 105 cm³/mol. The number of aromatic amines is 1. The van der Waals surface area contributed by atoms with Crippen LogP contribution in [0.1, 0.15) is 49.4 Å². The van der Waals surface area contributed by atoms with E-state index < -0.39 is 17.2 Å². The number of rotatable bonds is 5.